The molecule has 94 valence electrons. The lowest BCUT2D eigenvalue weighted by atomic mass is 9.88. The van der Waals surface area contributed by atoms with Crippen LogP contribution in [0.15, 0.2) is 5.38 Å². The van der Waals surface area contributed by atoms with E-state index in [2.05, 4.69) is 21.0 Å². The third kappa shape index (κ3) is 3.26. The monoisotopic (exact) mass is 253 g/mol. The van der Waals surface area contributed by atoms with Crippen molar-refractivity contribution >= 4 is 17.2 Å². The molecule has 0 aliphatic carbocycles. The molecule has 1 aliphatic rings. The molecule has 5 heteroatoms. The highest BCUT2D eigenvalue weighted by Crippen LogP contribution is 2.15. The van der Waals surface area contributed by atoms with Gasteiger partial charge in [-0.05, 0) is 25.9 Å². The van der Waals surface area contributed by atoms with Gasteiger partial charge in [0.1, 0.15) is 0 Å². The summed E-state index contributed by atoms with van der Waals surface area (Å²) < 4.78 is 0. The Hall–Kier alpha value is -0.940. The summed E-state index contributed by atoms with van der Waals surface area (Å²) in [6.45, 7) is 6.64. The molecule has 0 radical (unpaired) electrons. The molecule has 1 unspecified atom stereocenters. The van der Waals surface area contributed by atoms with Crippen LogP contribution in [-0.2, 0) is 11.2 Å². The van der Waals surface area contributed by atoms with E-state index in [9.17, 15) is 4.79 Å². The SMILES string of the molecule is Cc1nc(CCNC(=O)C(C)C2CNC2)cs1. The summed E-state index contributed by atoms with van der Waals surface area (Å²) in [6, 6.07) is 0. The molecule has 0 bridgehead atoms. The van der Waals surface area contributed by atoms with Gasteiger partial charge in [0.25, 0.3) is 0 Å². The molecule has 1 aromatic heterocycles. The number of aromatic nitrogens is 1. The van der Waals surface area contributed by atoms with Gasteiger partial charge >= 0.3 is 0 Å². The maximum Gasteiger partial charge on any atom is 0.223 e. The molecule has 1 saturated heterocycles. The second-order valence-corrected chi connectivity index (χ2v) is 5.67. The average Bonchev–Trinajstić information content (AvgIpc) is 2.61. The number of carbonyl (C=O) groups excluding carboxylic acids is 1. The lowest BCUT2D eigenvalue weighted by Crippen LogP contribution is -2.49. The summed E-state index contributed by atoms with van der Waals surface area (Å²) in [7, 11) is 0. The maximum absolute atomic E-state index is 11.8. The van der Waals surface area contributed by atoms with Crippen molar-refractivity contribution in [2.45, 2.75) is 20.3 Å². The van der Waals surface area contributed by atoms with E-state index in [1.807, 2.05) is 13.8 Å². The van der Waals surface area contributed by atoms with Gasteiger partial charge in [-0.1, -0.05) is 6.92 Å². The summed E-state index contributed by atoms with van der Waals surface area (Å²) >= 11 is 1.66. The molecule has 0 spiro atoms. The Morgan fingerprint density at radius 1 is 1.71 bits per heavy atom. The molecule has 1 aromatic rings. The molecule has 0 aromatic carbocycles. The zero-order chi connectivity index (χ0) is 12.3. The number of hydrogen-bond donors (Lipinski definition) is 2. The van der Waals surface area contributed by atoms with E-state index in [1.165, 1.54) is 0 Å². The van der Waals surface area contributed by atoms with Gasteiger partial charge in [-0.3, -0.25) is 4.79 Å². The number of nitrogens with zero attached hydrogens (tertiary/aromatic N) is 1. The Labute approximate surface area is 106 Å². The van der Waals surface area contributed by atoms with Crippen LogP contribution in [0.2, 0.25) is 0 Å². The molecule has 0 saturated carbocycles. The van der Waals surface area contributed by atoms with Crippen LogP contribution < -0.4 is 10.6 Å². The van der Waals surface area contributed by atoms with Crippen LogP contribution in [0.3, 0.4) is 0 Å². The Morgan fingerprint density at radius 2 is 2.47 bits per heavy atom. The Kier molecular flexibility index (Phi) is 4.12. The molecule has 1 fully saturated rings. The van der Waals surface area contributed by atoms with E-state index in [-0.39, 0.29) is 11.8 Å². The first-order chi connectivity index (χ1) is 8.16. The molecule has 1 amide bonds. The van der Waals surface area contributed by atoms with Crippen LogP contribution in [0.5, 0.6) is 0 Å². The third-order valence-electron chi connectivity index (χ3n) is 3.28. The number of thiazole rings is 1. The highest BCUT2D eigenvalue weighted by Gasteiger charge is 2.28. The normalized spacial score (nSPS) is 17.5. The van der Waals surface area contributed by atoms with Gasteiger partial charge in [-0.25, -0.2) is 4.98 Å². The number of amides is 1. The van der Waals surface area contributed by atoms with Gasteiger partial charge in [0, 0.05) is 24.3 Å². The first-order valence-corrected chi connectivity index (χ1v) is 6.94. The Balaban J connectivity index is 1.69. The van der Waals surface area contributed by atoms with E-state index in [0.29, 0.717) is 12.5 Å². The third-order valence-corrected chi connectivity index (χ3v) is 4.10. The highest BCUT2D eigenvalue weighted by molar-refractivity contribution is 7.09. The predicted molar refractivity (Wildman–Crippen MR) is 69.1 cm³/mol. The summed E-state index contributed by atoms with van der Waals surface area (Å²) in [4.78, 5) is 16.2. The van der Waals surface area contributed by atoms with Crippen LogP contribution in [0.25, 0.3) is 0 Å². The van der Waals surface area contributed by atoms with Gasteiger partial charge < -0.3 is 10.6 Å². The number of nitrogens with one attached hydrogen (secondary N) is 2. The predicted octanol–water partition coefficient (Wildman–Crippen LogP) is 0.966. The fourth-order valence-corrected chi connectivity index (χ4v) is 2.52. The summed E-state index contributed by atoms with van der Waals surface area (Å²) in [5.74, 6) is 0.799. The second kappa shape index (κ2) is 5.60. The van der Waals surface area contributed by atoms with Crippen LogP contribution in [-0.4, -0.2) is 30.5 Å². The maximum atomic E-state index is 11.8. The molecular formula is C12H19N3OS. The molecule has 1 aliphatic heterocycles. The molecule has 4 nitrogen and oxygen atoms in total. The number of aryl methyl sites for hydroxylation is 1. The Morgan fingerprint density at radius 3 is 3.00 bits per heavy atom. The lowest BCUT2D eigenvalue weighted by Gasteiger charge is -2.31. The van der Waals surface area contributed by atoms with Crippen molar-refractivity contribution < 1.29 is 4.79 Å². The second-order valence-electron chi connectivity index (χ2n) is 4.61. The minimum absolute atomic E-state index is 0.119. The van der Waals surface area contributed by atoms with Crippen LogP contribution >= 0.6 is 11.3 Å². The Bertz CT molecular complexity index is 387. The van der Waals surface area contributed by atoms with E-state index in [4.69, 9.17) is 0 Å². The van der Waals surface area contributed by atoms with Crippen molar-refractivity contribution in [1.82, 2.24) is 15.6 Å². The zero-order valence-corrected chi connectivity index (χ0v) is 11.1. The first kappa shape index (κ1) is 12.5. The van der Waals surface area contributed by atoms with Gasteiger partial charge in [-0.15, -0.1) is 11.3 Å². The van der Waals surface area contributed by atoms with Crippen molar-refractivity contribution in [3.8, 4) is 0 Å². The largest absolute Gasteiger partial charge is 0.355 e. The fraction of sp³-hybridized carbons (Fsp3) is 0.667. The van der Waals surface area contributed by atoms with E-state index < -0.39 is 0 Å². The number of carbonyl (C=O) groups is 1. The van der Waals surface area contributed by atoms with Crippen LogP contribution in [0, 0.1) is 18.8 Å². The van der Waals surface area contributed by atoms with E-state index in [0.717, 1.165) is 30.2 Å². The summed E-state index contributed by atoms with van der Waals surface area (Å²) in [5.41, 5.74) is 1.07. The molecule has 2 heterocycles. The van der Waals surface area contributed by atoms with E-state index in [1.54, 1.807) is 11.3 Å². The molecule has 1 atom stereocenters. The van der Waals surface area contributed by atoms with Crippen LogP contribution in [0.4, 0.5) is 0 Å². The van der Waals surface area contributed by atoms with Gasteiger partial charge in [0.2, 0.25) is 5.91 Å². The van der Waals surface area contributed by atoms with Crippen molar-refractivity contribution in [2.24, 2.45) is 11.8 Å². The van der Waals surface area contributed by atoms with Crippen molar-refractivity contribution in [3.63, 3.8) is 0 Å². The summed E-state index contributed by atoms with van der Waals surface area (Å²) in [5, 5.41) is 9.32. The average molecular weight is 253 g/mol. The topological polar surface area (TPSA) is 54.0 Å². The van der Waals surface area contributed by atoms with Crippen LogP contribution in [0.1, 0.15) is 17.6 Å². The molecule has 17 heavy (non-hydrogen) atoms. The van der Waals surface area contributed by atoms with Crippen molar-refractivity contribution in [2.75, 3.05) is 19.6 Å². The van der Waals surface area contributed by atoms with Gasteiger partial charge in [0.15, 0.2) is 0 Å². The number of rotatable bonds is 5. The molecule has 2 rings (SSSR count). The lowest BCUT2D eigenvalue weighted by molar-refractivity contribution is -0.126. The smallest absolute Gasteiger partial charge is 0.223 e. The van der Waals surface area contributed by atoms with Gasteiger partial charge in [0.05, 0.1) is 10.7 Å². The standard InChI is InChI=1S/C12H19N3OS/c1-8(10-5-13-6-10)12(16)14-4-3-11-7-17-9(2)15-11/h7-8,10,13H,3-6H2,1-2H3,(H,14,16). The summed E-state index contributed by atoms with van der Waals surface area (Å²) in [6.07, 6.45) is 0.825. The van der Waals surface area contributed by atoms with Crippen molar-refractivity contribution in [3.05, 3.63) is 16.1 Å². The first-order valence-electron chi connectivity index (χ1n) is 6.06. The minimum Gasteiger partial charge on any atom is -0.355 e. The number of hydrogen-bond acceptors (Lipinski definition) is 4. The quantitative estimate of drug-likeness (QED) is 0.822. The van der Waals surface area contributed by atoms with E-state index >= 15 is 0 Å². The minimum atomic E-state index is 0.119. The fourth-order valence-electron chi connectivity index (χ4n) is 1.88. The highest BCUT2D eigenvalue weighted by atomic mass is 32.1. The zero-order valence-electron chi connectivity index (χ0n) is 10.3. The molecular weight excluding hydrogens is 234 g/mol. The van der Waals surface area contributed by atoms with Crippen molar-refractivity contribution in [1.29, 1.82) is 0 Å². The van der Waals surface area contributed by atoms with Gasteiger partial charge in [-0.2, -0.15) is 0 Å². The molecule has 2 N–H and O–H groups in total.